The summed E-state index contributed by atoms with van der Waals surface area (Å²) >= 11 is 0. The molecule has 4 nitrogen and oxygen atoms in total. The number of halogens is 3. The second-order valence-electron chi connectivity index (χ2n) is 5.20. The minimum atomic E-state index is -4.43. The largest absolute Gasteiger partial charge is 0.484 e. The van der Waals surface area contributed by atoms with Crippen molar-refractivity contribution in [3.63, 3.8) is 0 Å². The zero-order valence-electron chi connectivity index (χ0n) is 13.6. The average Bonchev–Trinajstić information content (AvgIpc) is 2.59. The number of hydrogen-bond donors (Lipinski definition) is 0. The molecule has 0 unspecified atom stereocenters. The first-order valence-electron chi connectivity index (χ1n) is 7.67. The number of nitrogens with zero attached hydrogens (tertiary/aromatic N) is 1. The predicted octanol–water partition coefficient (Wildman–Crippen LogP) is 4.27. The Bertz CT molecular complexity index is 672. The van der Waals surface area contributed by atoms with Gasteiger partial charge in [0.05, 0.1) is 0 Å². The zero-order valence-corrected chi connectivity index (χ0v) is 13.6. The molecule has 0 N–H and O–H groups in total. The summed E-state index contributed by atoms with van der Waals surface area (Å²) in [5.41, 5.74) is 0. The average molecular weight is 353 g/mol. The molecule has 0 saturated heterocycles. The number of para-hydroxylation sites is 1. The van der Waals surface area contributed by atoms with Gasteiger partial charge in [-0.3, -0.25) is 4.79 Å². The van der Waals surface area contributed by atoms with Crippen LogP contribution in [-0.2, 0) is 4.79 Å². The first-order chi connectivity index (χ1) is 11.9. The van der Waals surface area contributed by atoms with E-state index in [-0.39, 0.29) is 6.54 Å². The van der Waals surface area contributed by atoms with E-state index in [1.807, 2.05) is 30.3 Å². The van der Waals surface area contributed by atoms with E-state index in [2.05, 4.69) is 0 Å². The van der Waals surface area contributed by atoms with Crippen molar-refractivity contribution in [3.8, 4) is 17.2 Å². The number of alkyl halides is 3. The number of hydrogen-bond acceptors (Lipinski definition) is 3. The molecule has 0 aromatic heterocycles. The highest BCUT2D eigenvalue weighted by atomic mass is 19.4. The molecule has 0 radical (unpaired) electrons. The zero-order chi connectivity index (χ0) is 18.3. The fourth-order valence-electron chi connectivity index (χ4n) is 2.06. The van der Waals surface area contributed by atoms with E-state index in [1.54, 1.807) is 24.3 Å². The molecular formula is C18H18F3NO3. The fourth-order valence-corrected chi connectivity index (χ4v) is 2.06. The van der Waals surface area contributed by atoms with Crippen LogP contribution in [0.5, 0.6) is 17.2 Å². The number of carbonyl (C=O) groups is 1. The highest BCUT2D eigenvalue weighted by molar-refractivity contribution is 5.77. The molecule has 134 valence electrons. The van der Waals surface area contributed by atoms with Gasteiger partial charge in [0.1, 0.15) is 23.8 Å². The van der Waals surface area contributed by atoms with Gasteiger partial charge in [0.25, 0.3) is 5.91 Å². The smallest absolute Gasteiger partial charge is 0.406 e. The summed E-state index contributed by atoms with van der Waals surface area (Å²) < 4.78 is 48.0. The minimum Gasteiger partial charge on any atom is -0.484 e. The van der Waals surface area contributed by atoms with Crippen molar-refractivity contribution < 1.29 is 27.4 Å². The Morgan fingerprint density at radius 3 is 2.08 bits per heavy atom. The van der Waals surface area contributed by atoms with E-state index >= 15 is 0 Å². The van der Waals surface area contributed by atoms with Crippen LogP contribution in [0.2, 0.25) is 0 Å². The monoisotopic (exact) mass is 353 g/mol. The Hall–Kier alpha value is -2.70. The molecule has 0 atom stereocenters. The maximum absolute atomic E-state index is 12.4. The van der Waals surface area contributed by atoms with E-state index < -0.39 is 25.2 Å². The van der Waals surface area contributed by atoms with E-state index in [9.17, 15) is 18.0 Å². The lowest BCUT2D eigenvalue weighted by molar-refractivity contribution is -0.161. The molecule has 25 heavy (non-hydrogen) atoms. The Kier molecular flexibility index (Phi) is 6.27. The lowest BCUT2D eigenvalue weighted by Gasteiger charge is -2.22. The van der Waals surface area contributed by atoms with Crippen molar-refractivity contribution >= 4 is 5.91 Å². The van der Waals surface area contributed by atoms with Crippen molar-refractivity contribution in [1.82, 2.24) is 4.90 Å². The van der Waals surface area contributed by atoms with Crippen molar-refractivity contribution in [1.29, 1.82) is 0 Å². The maximum atomic E-state index is 12.4. The van der Waals surface area contributed by atoms with Gasteiger partial charge in [-0.15, -0.1) is 0 Å². The molecule has 2 aromatic carbocycles. The molecule has 1 amide bonds. The number of benzene rings is 2. The first-order valence-corrected chi connectivity index (χ1v) is 7.67. The number of rotatable bonds is 7. The van der Waals surface area contributed by atoms with Crippen molar-refractivity contribution in [2.24, 2.45) is 0 Å². The summed E-state index contributed by atoms with van der Waals surface area (Å²) in [4.78, 5) is 12.5. The summed E-state index contributed by atoms with van der Waals surface area (Å²) in [6.45, 7) is -0.288. The number of carbonyl (C=O) groups excluding carboxylic acids is 1. The topological polar surface area (TPSA) is 38.8 Å². The molecule has 0 aliphatic rings. The highest BCUT2D eigenvalue weighted by Crippen LogP contribution is 2.23. The molecule has 0 aliphatic carbocycles. The van der Waals surface area contributed by atoms with Crippen LogP contribution in [0.3, 0.4) is 0 Å². The van der Waals surface area contributed by atoms with E-state index in [0.717, 1.165) is 0 Å². The second-order valence-corrected chi connectivity index (χ2v) is 5.20. The summed E-state index contributed by atoms with van der Waals surface area (Å²) in [7, 11) is 0. The van der Waals surface area contributed by atoms with Crippen LogP contribution in [-0.4, -0.2) is 36.7 Å². The summed E-state index contributed by atoms with van der Waals surface area (Å²) in [5.74, 6) is 0.912. The van der Waals surface area contributed by atoms with Crippen LogP contribution in [0.25, 0.3) is 0 Å². The molecule has 0 spiro atoms. The number of amides is 1. The SMILES string of the molecule is CCN(CC(F)(F)F)C(=O)COc1ccc(Oc2ccccc2)cc1. The van der Waals surface area contributed by atoms with E-state index in [1.165, 1.54) is 6.92 Å². The van der Waals surface area contributed by atoms with Gasteiger partial charge in [-0.05, 0) is 43.3 Å². The van der Waals surface area contributed by atoms with E-state index in [0.29, 0.717) is 22.1 Å². The summed E-state index contributed by atoms with van der Waals surface area (Å²) in [5, 5.41) is 0. The van der Waals surface area contributed by atoms with Crippen LogP contribution in [0, 0.1) is 0 Å². The third-order valence-electron chi connectivity index (χ3n) is 3.27. The molecule has 2 rings (SSSR count). The Labute approximate surface area is 143 Å². The Morgan fingerprint density at radius 2 is 1.52 bits per heavy atom. The Morgan fingerprint density at radius 1 is 0.960 bits per heavy atom. The molecule has 0 saturated carbocycles. The van der Waals surface area contributed by atoms with Crippen molar-refractivity contribution in [3.05, 3.63) is 54.6 Å². The lowest BCUT2D eigenvalue weighted by Crippen LogP contribution is -2.41. The van der Waals surface area contributed by atoms with Crippen LogP contribution >= 0.6 is 0 Å². The highest BCUT2D eigenvalue weighted by Gasteiger charge is 2.32. The molecule has 0 aliphatic heterocycles. The van der Waals surface area contributed by atoms with Crippen LogP contribution < -0.4 is 9.47 Å². The van der Waals surface area contributed by atoms with Gasteiger partial charge >= 0.3 is 6.18 Å². The Balaban J connectivity index is 1.87. The molecule has 2 aromatic rings. The first kappa shape index (κ1) is 18.6. The van der Waals surface area contributed by atoms with Gasteiger partial charge in [0, 0.05) is 6.54 Å². The van der Waals surface area contributed by atoms with Gasteiger partial charge < -0.3 is 14.4 Å². The maximum Gasteiger partial charge on any atom is 0.406 e. The van der Waals surface area contributed by atoms with Gasteiger partial charge in [-0.1, -0.05) is 18.2 Å². The normalized spacial score (nSPS) is 11.0. The van der Waals surface area contributed by atoms with E-state index in [4.69, 9.17) is 9.47 Å². The van der Waals surface area contributed by atoms with Crippen LogP contribution in [0.15, 0.2) is 54.6 Å². The molecule has 0 fully saturated rings. The molecule has 0 heterocycles. The minimum absolute atomic E-state index is 0.0362. The third-order valence-corrected chi connectivity index (χ3v) is 3.27. The van der Waals surface area contributed by atoms with Crippen LogP contribution in [0.4, 0.5) is 13.2 Å². The van der Waals surface area contributed by atoms with Gasteiger partial charge in [0.2, 0.25) is 0 Å². The van der Waals surface area contributed by atoms with Crippen molar-refractivity contribution in [2.45, 2.75) is 13.1 Å². The van der Waals surface area contributed by atoms with Gasteiger partial charge in [0.15, 0.2) is 6.61 Å². The lowest BCUT2D eigenvalue weighted by atomic mass is 10.3. The summed E-state index contributed by atoms with van der Waals surface area (Å²) in [6, 6.07) is 15.7. The van der Waals surface area contributed by atoms with Gasteiger partial charge in [-0.25, -0.2) is 0 Å². The van der Waals surface area contributed by atoms with Crippen molar-refractivity contribution in [2.75, 3.05) is 19.7 Å². The number of ether oxygens (including phenoxy) is 2. The fraction of sp³-hybridized carbons (Fsp3) is 0.278. The molecular weight excluding hydrogens is 335 g/mol. The van der Waals surface area contributed by atoms with Crippen LogP contribution in [0.1, 0.15) is 6.92 Å². The quantitative estimate of drug-likeness (QED) is 0.746. The summed E-state index contributed by atoms with van der Waals surface area (Å²) in [6.07, 6.45) is -4.43. The predicted molar refractivity (Wildman–Crippen MR) is 86.8 cm³/mol. The molecule has 0 bridgehead atoms. The standard InChI is InChI=1S/C18H18F3NO3/c1-2-22(13-18(19,20)21)17(23)12-24-14-8-10-16(11-9-14)25-15-6-4-3-5-7-15/h3-11H,2,12-13H2,1H3. The molecule has 7 heteroatoms. The third kappa shape index (κ3) is 6.37. The second kappa shape index (κ2) is 8.41. The number of likely N-dealkylation sites (N-methyl/N-ethyl adjacent to an activating group) is 1. The van der Waals surface area contributed by atoms with Gasteiger partial charge in [-0.2, -0.15) is 13.2 Å².